The van der Waals surface area contributed by atoms with Gasteiger partial charge < -0.3 is 0 Å². The zero-order valence-electron chi connectivity index (χ0n) is 6.70. The standard InChI is InChI=1S/C10H10BrN/c11-9-3-1-8(2-4-9)7-12-10-5-6-10/h1-4,7,10H,5-6H2/b12-7+. The molecule has 0 saturated heterocycles. The number of hydrogen-bond donors (Lipinski definition) is 0. The molecule has 1 aromatic rings. The van der Waals surface area contributed by atoms with Crippen molar-refractivity contribution >= 4 is 22.1 Å². The van der Waals surface area contributed by atoms with Crippen molar-refractivity contribution < 1.29 is 0 Å². The third-order valence-electron chi connectivity index (χ3n) is 1.85. The normalized spacial score (nSPS) is 17.1. The molecule has 1 aliphatic carbocycles. The first-order valence-corrected chi connectivity index (χ1v) is 4.92. The van der Waals surface area contributed by atoms with E-state index in [9.17, 15) is 0 Å². The van der Waals surface area contributed by atoms with Crippen LogP contribution in [0.25, 0.3) is 0 Å². The maximum absolute atomic E-state index is 4.40. The van der Waals surface area contributed by atoms with E-state index < -0.39 is 0 Å². The van der Waals surface area contributed by atoms with Gasteiger partial charge in [0.1, 0.15) is 0 Å². The highest BCUT2D eigenvalue weighted by molar-refractivity contribution is 9.10. The lowest BCUT2D eigenvalue weighted by atomic mass is 10.2. The van der Waals surface area contributed by atoms with Crippen LogP contribution in [0, 0.1) is 0 Å². The van der Waals surface area contributed by atoms with Crippen LogP contribution in [0.3, 0.4) is 0 Å². The van der Waals surface area contributed by atoms with Gasteiger partial charge in [-0.3, -0.25) is 4.99 Å². The van der Waals surface area contributed by atoms with Crippen molar-refractivity contribution in [2.75, 3.05) is 0 Å². The molecule has 12 heavy (non-hydrogen) atoms. The minimum Gasteiger partial charge on any atom is -0.289 e. The van der Waals surface area contributed by atoms with Crippen molar-refractivity contribution in [3.05, 3.63) is 34.3 Å². The lowest BCUT2D eigenvalue weighted by Crippen LogP contribution is -1.82. The first kappa shape index (κ1) is 7.99. The zero-order chi connectivity index (χ0) is 8.39. The Morgan fingerprint density at radius 3 is 2.50 bits per heavy atom. The molecule has 0 atom stereocenters. The molecule has 0 spiro atoms. The van der Waals surface area contributed by atoms with Gasteiger partial charge in [0.15, 0.2) is 0 Å². The predicted molar refractivity (Wildman–Crippen MR) is 54.8 cm³/mol. The van der Waals surface area contributed by atoms with Crippen LogP contribution in [-0.2, 0) is 0 Å². The molecule has 0 N–H and O–H groups in total. The van der Waals surface area contributed by atoms with Crippen molar-refractivity contribution in [1.82, 2.24) is 0 Å². The second-order valence-corrected chi connectivity index (χ2v) is 3.98. The van der Waals surface area contributed by atoms with E-state index in [4.69, 9.17) is 0 Å². The fraction of sp³-hybridized carbons (Fsp3) is 0.300. The van der Waals surface area contributed by atoms with Gasteiger partial charge in [-0.05, 0) is 30.5 Å². The second kappa shape index (κ2) is 3.40. The van der Waals surface area contributed by atoms with E-state index in [1.54, 1.807) is 0 Å². The molecule has 0 amide bonds. The average molecular weight is 224 g/mol. The van der Waals surface area contributed by atoms with Gasteiger partial charge in [0, 0.05) is 10.7 Å². The Hall–Kier alpha value is -0.630. The number of nitrogens with zero attached hydrogens (tertiary/aromatic N) is 1. The first-order chi connectivity index (χ1) is 5.84. The van der Waals surface area contributed by atoms with E-state index in [2.05, 4.69) is 33.1 Å². The summed E-state index contributed by atoms with van der Waals surface area (Å²) < 4.78 is 1.12. The van der Waals surface area contributed by atoms with E-state index in [1.807, 2.05) is 18.3 Å². The molecule has 2 rings (SSSR count). The number of halogens is 1. The number of rotatable bonds is 2. The Morgan fingerprint density at radius 2 is 1.92 bits per heavy atom. The van der Waals surface area contributed by atoms with E-state index in [0.29, 0.717) is 6.04 Å². The minimum atomic E-state index is 0.619. The molecular formula is C10H10BrN. The molecule has 2 heteroatoms. The zero-order valence-corrected chi connectivity index (χ0v) is 8.29. The molecule has 0 radical (unpaired) electrons. The van der Waals surface area contributed by atoms with Gasteiger partial charge in [0.25, 0.3) is 0 Å². The second-order valence-electron chi connectivity index (χ2n) is 3.06. The molecule has 0 heterocycles. The van der Waals surface area contributed by atoms with Gasteiger partial charge >= 0.3 is 0 Å². The summed E-state index contributed by atoms with van der Waals surface area (Å²) in [6, 6.07) is 8.82. The molecule has 62 valence electrons. The minimum absolute atomic E-state index is 0.619. The summed E-state index contributed by atoms with van der Waals surface area (Å²) >= 11 is 3.39. The van der Waals surface area contributed by atoms with Crippen molar-refractivity contribution in [1.29, 1.82) is 0 Å². The van der Waals surface area contributed by atoms with Gasteiger partial charge in [-0.1, -0.05) is 28.1 Å². The maximum Gasteiger partial charge on any atom is 0.0501 e. The van der Waals surface area contributed by atoms with Crippen molar-refractivity contribution in [2.45, 2.75) is 18.9 Å². The van der Waals surface area contributed by atoms with Crippen LogP contribution in [-0.4, -0.2) is 12.3 Å². The van der Waals surface area contributed by atoms with Crippen LogP contribution < -0.4 is 0 Å². The van der Waals surface area contributed by atoms with Crippen molar-refractivity contribution in [3.63, 3.8) is 0 Å². The molecule has 0 aliphatic heterocycles. The molecule has 1 fully saturated rings. The fourth-order valence-corrected chi connectivity index (χ4v) is 1.23. The predicted octanol–water partition coefficient (Wildman–Crippen LogP) is 3.03. The van der Waals surface area contributed by atoms with Gasteiger partial charge in [0.2, 0.25) is 0 Å². The fourth-order valence-electron chi connectivity index (χ4n) is 0.964. The Balaban J connectivity index is 2.07. The Morgan fingerprint density at radius 1 is 1.25 bits per heavy atom. The van der Waals surface area contributed by atoms with Crippen LogP contribution in [0.1, 0.15) is 18.4 Å². The summed E-state index contributed by atoms with van der Waals surface area (Å²) in [7, 11) is 0. The SMILES string of the molecule is Brc1ccc(/C=N/C2CC2)cc1. The Bertz CT molecular complexity index is 285. The summed E-state index contributed by atoms with van der Waals surface area (Å²) in [6.45, 7) is 0. The molecule has 0 bridgehead atoms. The number of hydrogen-bond acceptors (Lipinski definition) is 1. The lowest BCUT2D eigenvalue weighted by molar-refractivity contribution is 1.08. The number of benzene rings is 1. The summed E-state index contributed by atoms with van der Waals surface area (Å²) in [6.07, 6.45) is 4.50. The largest absolute Gasteiger partial charge is 0.289 e. The van der Waals surface area contributed by atoms with Crippen LogP contribution in [0.2, 0.25) is 0 Å². The van der Waals surface area contributed by atoms with Gasteiger partial charge in [-0.25, -0.2) is 0 Å². The topological polar surface area (TPSA) is 12.4 Å². The van der Waals surface area contributed by atoms with E-state index in [1.165, 1.54) is 18.4 Å². The van der Waals surface area contributed by atoms with Crippen molar-refractivity contribution in [3.8, 4) is 0 Å². The van der Waals surface area contributed by atoms with E-state index in [0.717, 1.165) is 4.47 Å². The molecule has 1 nitrogen and oxygen atoms in total. The van der Waals surface area contributed by atoms with Crippen LogP contribution in [0.5, 0.6) is 0 Å². The first-order valence-electron chi connectivity index (χ1n) is 4.13. The van der Waals surface area contributed by atoms with Crippen LogP contribution >= 0.6 is 15.9 Å². The van der Waals surface area contributed by atoms with Gasteiger partial charge in [0.05, 0.1) is 6.04 Å². The Kier molecular flexibility index (Phi) is 2.26. The summed E-state index contributed by atoms with van der Waals surface area (Å²) in [5.41, 5.74) is 1.19. The molecule has 0 aromatic heterocycles. The summed E-state index contributed by atoms with van der Waals surface area (Å²) in [5.74, 6) is 0. The van der Waals surface area contributed by atoms with Gasteiger partial charge in [-0.15, -0.1) is 0 Å². The van der Waals surface area contributed by atoms with Crippen LogP contribution in [0.15, 0.2) is 33.7 Å². The Labute approximate surface area is 80.6 Å². The highest BCUT2D eigenvalue weighted by Crippen LogP contribution is 2.23. The third-order valence-corrected chi connectivity index (χ3v) is 2.38. The lowest BCUT2D eigenvalue weighted by Gasteiger charge is -1.92. The highest BCUT2D eigenvalue weighted by Gasteiger charge is 2.18. The quantitative estimate of drug-likeness (QED) is 0.684. The molecule has 1 aromatic carbocycles. The third kappa shape index (κ3) is 2.18. The highest BCUT2D eigenvalue weighted by atomic mass is 79.9. The average Bonchev–Trinajstić information content (AvgIpc) is 2.87. The van der Waals surface area contributed by atoms with Crippen LogP contribution in [0.4, 0.5) is 0 Å². The molecule has 0 unspecified atom stereocenters. The smallest absolute Gasteiger partial charge is 0.0501 e. The summed E-state index contributed by atoms with van der Waals surface area (Å²) in [4.78, 5) is 4.40. The summed E-state index contributed by atoms with van der Waals surface area (Å²) in [5, 5.41) is 0. The van der Waals surface area contributed by atoms with Crippen molar-refractivity contribution in [2.24, 2.45) is 4.99 Å². The molecular weight excluding hydrogens is 214 g/mol. The molecule has 1 aliphatic rings. The van der Waals surface area contributed by atoms with E-state index >= 15 is 0 Å². The van der Waals surface area contributed by atoms with Gasteiger partial charge in [-0.2, -0.15) is 0 Å². The number of aliphatic imine (C=N–C) groups is 1. The maximum atomic E-state index is 4.40. The molecule has 1 saturated carbocycles. The van der Waals surface area contributed by atoms with E-state index in [-0.39, 0.29) is 0 Å². The monoisotopic (exact) mass is 223 g/mol.